The molecule has 0 aliphatic carbocycles. The lowest BCUT2D eigenvalue weighted by Gasteiger charge is -2.33. The van der Waals surface area contributed by atoms with Crippen LogP contribution in [0.5, 0.6) is 0 Å². The number of hydrogen-bond acceptors (Lipinski definition) is 4. The molecule has 1 unspecified atom stereocenters. The first kappa shape index (κ1) is 14.9. The Morgan fingerprint density at radius 3 is 2.65 bits per heavy atom. The molecular weight excluding hydrogens is 252 g/mol. The van der Waals surface area contributed by atoms with Gasteiger partial charge in [0.15, 0.2) is 0 Å². The van der Waals surface area contributed by atoms with Gasteiger partial charge in [-0.1, -0.05) is 12.1 Å². The molecule has 0 aromatic heterocycles. The second-order valence-corrected chi connectivity index (χ2v) is 5.61. The summed E-state index contributed by atoms with van der Waals surface area (Å²) >= 11 is 0. The van der Waals surface area contributed by atoms with E-state index in [9.17, 15) is 4.79 Å². The van der Waals surface area contributed by atoms with Crippen LogP contribution in [0.4, 0.5) is 5.69 Å². The van der Waals surface area contributed by atoms with Gasteiger partial charge in [-0.3, -0.25) is 0 Å². The first-order valence-electron chi connectivity index (χ1n) is 7.24. The van der Waals surface area contributed by atoms with Crippen molar-refractivity contribution < 1.29 is 9.53 Å². The highest BCUT2D eigenvalue weighted by Crippen LogP contribution is 2.24. The minimum absolute atomic E-state index is 0.288. The number of piperidine rings is 1. The fourth-order valence-corrected chi connectivity index (χ4v) is 2.79. The van der Waals surface area contributed by atoms with Crippen LogP contribution in [0.25, 0.3) is 0 Å². The van der Waals surface area contributed by atoms with E-state index in [1.807, 2.05) is 18.2 Å². The molecule has 0 amide bonds. The lowest BCUT2D eigenvalue weighted by atomic mass is 9.90. The van der Waals surface area contributed by atoms with Gasteiger partial charge in [0.25, 0.3) is 0 Å². The van der Waals surface area contributed by atoms with Crippen molar-refractivity contribution in [2.45, 2.75) is 25.8 Å². The number of ether oxygens (including phenoxy) is 1. The van der Waals surface area contributed by atoms with E-state index >= 15 is 0 Å². The predicted molar refractivity (Wildman–Crippen MR) is 81.1 cm³/mol. The Kier molecular flexibility index (Phi) is 5.01. The van der Waals surface area contributed by atoms with Gasteiger partial charge in [-0.05, 0) is 58.0 Å². The monoisotopic (exact) mass is 276 g/mol. The molecule has 20 heavy (non-hydrogen) atoms. The van der Waals surface area contributed by atoms with Gasteiger partial charge >= 0.3 is 5.97 Å². The lowest BCUT2D eigenvalue weighted by molar-refractivity contribution is 0.0601. The normalized spacial score (nSPS) is 18.6. The number of likely N-dealkylation sites (tertiary alicyclic amines) is 1. The fourth-order valence-electron chi connectivity index (χ4n) is 2.79. The van der Waals surface area contributed by atoms with Crippen molar-refractivity contribution in [3.05, 3.63) is 29.8 Å². The maximum Gasteiger partial charge on any atom is 0.339 e. The van der Waals surface area contributed by atoms with Gasteiger partial charge in [-0.2, -0.15) is 0 Å². The minimum atomic E-state index is -0.288. The van der Waals surface area contributed by atoms with E-state index in [4.69, 9.17) is 4.74 Å². The Labute approximate surface area is 121 Å². The molecule has 1 N–H and O–H groups in total. The number of nitrogens with one attached hydrogen (secondary N) is 1. The van der Waals surface area contributed by atoms with Crippen molar-refractivity contribution in [2.24, 2.45) is 5.92 Å². The summed E-state index contributed by atoms with van der Waals surface area (Å²) in [6, 6.07) is 7.90. The molecule has 0 radical (unpaired) electrons. The third-order valence-corrected chi connectivity index (χ3v) is 4.19. The SMILES string of the molecule is COC(=O)c1ccccc1NC(C)C1CCN(C)CC1. The summed E-state index contributed by atoms with van der Waals surface area (Å²) in [5, 5.41) is 3.49. The van der Waals surface area contributed by atoms with Crippen LogP contribution in [-0.4, -0.2) is 44.2 Å². The molecule has 0 bridgehead atoms. The Morgan fingerprint density at radius 2 is 2.00 bits per heavy atom. The zero-order valence-corrected chi connectivity index (χ0v) is 12.6. The standard InChI is InChI=1S/C16H24N2O2/c1-12(13-8-10-18(2)11-9-13)17-15-7-5-4-6-14(15)16(19)20-3/h4-7,12-13,17H,8-11H2,1-3H3. The number of rotatable bonds is 4. The molecule has 4 heteroatoms. The Balaban J connectivity index is 2.04. The summed E-state index contributed by atoms with van der Waals surface area (Å²) < 4.78 is 4.83. The smallest absolute Gasteiger partial charge is 0.339 e. The zero-order valence-electron chi connectivity index (χ0n) is 12.6. The van der Waals surface area contributed by atoms with Gasteiger partial charge < -0.3 is 15.0 Å². The summed E-state index contributed by atoms with van der Waals surface area (Å²) in [7, 11) is 3.58. The number of anilines is 1. The topological polar surface area (TPSA) is 41.6 Å². The van der Waals surface area contributed by atoms with Crippen molar-refractivity contribution in [1.82, 2.24) is 4.90 Å². The van der Waals surface area contributed by atoms with Crippen molar-refractivity contribution in [2.75, 3.05) is 32.6 Å². The van der Waals surface area contributed by atoms with Crippen LogP contribution >= 0.6 is 0 Å². The number of carbonyl (C=O) groups excluding carboxylic acids is 1. The highest BCUT2D eigenvalue weighted by atomic mass is 16.5. The summed E-state index contributed by atoms with van der Waals surface area (Å²) in [6.07, 6.45) is 2.40. The van der Waals surface area contributed by atoms with Crippen molar-refractivity contribution in [1.29, 1.82) is 0 Å². The highest BCUT2D eigenvalue weighted by molar-refractivity contribution is 5.95. The van der Waals surface area contributed by atoms with Gasteiger partial charge in [-0.15, -0.1) is 0 Å². The van der Waals surface area contributed by atoms with Gasteiger partial charge in [0.2, 0.25) is 0 Å². The Hall–Kier alpha value is -1.55. The molecule has 0 saturated carbocycles. The van der Waals surface area contributed by atoms with Crippen molar-refractivity contribution >= 4 is 11.7 Å². The molecule has 1 saturated heterocycles. The molecule has 1 aromatic carbocycles. The summed E-state index contributed by atoms with van der Waals surface area (Å²) in [6.45, 7) is 4.49. The maximum absolute atomic E-state index is 11.8. The third-order valence-electron chi connectivity index (χ3n) is 4.19. The molecule has 1 atom stereocenters. The van der Waals surface area contributed by atoms with Crippen LogP contribution < -0.4 is 5.32 Å². The number of methoxy groups -OCH3 is 1. The van der Waals surface area contributed by atoms with E-state index in [0.717, 1.165) is 18.8 Å². The molecule has 0 spiro atoms. The summed E-state index contributed by atoms with van der Waals surface area (Å²) in [5.41, 5.74) is 1.47. The molecule has 110 valence electrons. The molecule has 1 aromatic rings. The predicted octanol–water partition coefficient (Wildman–Crippen LogP) is 2.62. The van der Waals surface area contributed by atoms with Crippen molar-refractivity contribution in [3.63, 3.8) is 0 Å². The van der Waals surface area contributed by atoms with Crippen LogP contribution in [0.15, 0.2) is 24.3 Å². The lowest BCUT2D eigenvalue weighted by Crippen LogP contribution is -2.37. The number of nitrogens with zero attached hydrogens (tertiary/aromatic N) is 1. The van der Waals surface area contributed by atoms with E-state index in [2.05, 4.69) is 24.2 Å². The summed E-state index contributed by atoms with van der Waals surface area (Å²) in [5.74, 6) is 0.362. The van der Waals surface area contributed by atoms with Crippen LogP contribution in [0.2, 0.25) is 0 Å². The van der Waals surface area contributed by atoms with E-state index in [1.54, 1.807) is 6.07 Å². The van der Waals surface area contributed by atoms with Crippen LogP contribution in [0, 0.1) is 5.92 Å². The van der Waals surface area contributed by atoms with Crippen molar-refractivity contribution in [3.8, 4) is 0 Å². The fraction of sp³-hybridized carbons (Fsp3) is 0.562. The molecule has 4 nitrogen and oxygen atoms in total. The second kappa shape index (κ2) is 6.75. The quantitative estimate of drug-likeness (QED) is 0.858. The number of hydrogen-bond donors (Lipinski definition) is 1. The molecule has 1 fully saturated rings. The largest absolute Gasteiger partial charge is 0.465 e. The minimum Gasteiger partial charge on any atom is -0.465 e. The van der Waals surface area contributed by atoms with Crippen LogP contribution in [-0.2, 0) is 4.74 Å². The maximum atomic E-state index is 11.8. The first-order valence-corrected chi connectivity index (χ1v) is 7.24. The van der Waals surface area contributed by atoms with E-state index < -0.39 is 0 Å². The van der Waals surface area contributed by atoms with E-state index in [1.165, 1.54) is 20.0 Å². The van der Waals surface area contributed by atoms with Gasteiger partial charge in [0.1, 0.15) is 0 Å². The molecule has 1 aliphatic rings. The zero-order chi connectivity index (χ0) is 14.5. The first-order chi connectivity index (χ1) is 9.61. The average Bonchev–Trinajstić information content (AvgIpc) is 2.47. The van der Waals surface area contributed by atoms with E-state index in [0.29, 0.717) is 17.5 Å². The molecule has 1 aliphatic heterocycles. The Morgan fingerprint density at radius 1 is 1.35 bits per heavy atom. The molecular formula is C16H24N2O2. The van der Waals surface area contributed by atoms with Gasteiger partial charge in [-0.25, -0.2) is 4.79 Å². The van der Waals surface area contributed by atoms with Crippen LogP contribution in [0.1, 0.15) is 30.1 Å². The average molecular weight is 276 g/mol. The van der Waals surface area contributed by atoms with E-state index in [-0.39, 0.29) is 5.97 Å². The summed E-state index contributed by atoms with van der Waals surface area (Å²) in [4.78, 5) is 14.1. The Bertz CT molecular complexity index is 454. The van der Waals surface area contributed by atoms with Gasteiger partial charge in [0.05, 0.1) is 12.7 Å². The molecule has 2 rings (SSSR count). The number of esters is 1. The van der Waals surface area contributed by atoms with Gasteiger partial charge in [0, 0.05) is 11.7 Å². The number of carbonyl (C=O) groups is 1. The third kappa shape index (κ3) is 3.51. The number of benzene rings is 1. The van der Waals surface area contributed by atoms with Crippen LogP contribution in [0.3, 0.4) is 0 Å². The second-order valence-electron chi connectivity index (χ2n) is 5.61. The highest BCUT2D eigenvalue weighted by Gasteiger charge is 2.23. The molecule has 1 heterocycles. The number of para-hydroxylation sites is 1.